The molecule has 3 aromatic carbocycles. The van der Waals surface area contributed by atoms with Crippen LogP contribution in [0.25, 0.3) is 0 Å². The molecule has 3 unspecified atom stereocenters. The van der Waals surface area contributed by atoms with Gasteiger partial charge in [0.1, 0.15) is 10.6 Å². The maximum absolute atomic E-state index is 12.9. The lowest BCUT2D eigenvalue weighted by molar-refractivity contribution is 0.0614. The first-order valence-electron chi connectivity index (χ1n) is 11.2. The van der Waals surface area contributed by atoms with E-state index in [0.29, 0.717) is 17.7 Å². The maximum atomic E-state index is 12.9. The van der Waals surface area contributed by atoms with Gasteiger partial charge >= 0.3 is 10.1 Å². The Labute approximate surface area is 203 Å². The molecule has 0 spiro atoms. The van der Waals surface area contributed by atoms with Gasteiger partial charge < -0.3 is 9.08 Å². The van der Waals surface area contributed by atoms with Crippen LogP contribution in [-0.2, 0) is 22.0 Å². The van der Waals surface area contributed by atoms with Gasteiger partial charge in [0.05, 0.1) is 0 Å². The fourth-order valence-corrected chi connectivity index (χ4v) is 6.70. The van der Waals surface area contributed by atoms with E-state index in [1.54, 1.807) is 30.3 Å². The minimum absolute atomic E-state index is 0. The van der Waals surface area contributed by atoms with Crippen molar-refractivity contribution < 1.29 is 12.6 Å². The minimum atomic E-state index is -3.89. The second-order valence-electron chi connectivity index (χ2n) is 9.30. The molecule has 1 fully saturated rings. The second kappa shape index (κ2) is 8.79. The van der Waals surface area contributed by atoms with Crippen molar-refractivity contribution in [3.05, 3.63) is 95.1 Å². The molecule has 0 aromatic heterocycles. The third-order valence-corrected chi connectivity index (χ3v) is 8.84. The molecule has 6 heteroatoms. The summed E-state index contributed by atoms with van der Waals surface area (Å²) >= 11 is 0. The van der Waals surface area contributed by atoms with Crippen LogP contribution in [0, 0.1) is 12.8 Å². The lowest BCUT2D eigenvalue weighted by Gasteiger charge is -2.55. The summed E-state index contributed by atoms with van der Waals surface area (Å²) in [5, 5.41) is 0. The zero-order chi connectivity index (χ0) is 22.5. The lowest BCUT2D eigenvalue weighted by atomic mass is 9.55. The molecule has 3 atom stereocenters. The third kappa shape index (κ3) is 3.96. The Bertz CT molecular complexity index is 1240. The summed E-state index contributed by atoms with van der Waals surface area (Å²) in [5.74, 6) is 0.782. The number of likely N-dealkylation sites (tertiary alicyclic amines) is 1. The molecular formula is C27H30ClNO3S. The van der Waals surface area contributed by atoms with Crippen molar-refractivity contribution in [2.24, 2.45) is 5.92 Å². The highest BCUT2D eigenvalue weighted by Gasteiger charge is 2.51. The van der Waals surface area contributed by atoms with E-state index in [1.807, 2.05) is 13.0 Å². The Hall–Kier alpha value is -2.34. The average Bonchev–Trinajstić information content (AvgIpc) is 2.78. The van der Waals surface area contributed by atoms with Crippen molar-refractivity contribution in [3.63, 3.8) is 0 Å². The maximum Gasteiger partial charge on any atom is 0.339 e. The largest absolute Gasteiger partial charge is 0.379 e. The van der Waals surface area contributed by atoms with E-state index in [1.165, 1.54) is 16.7 Å². The highest BCUT2D eigenvalue weighted by atomic mass is 35.5. The summed E-state index contributed by atoms with van der Waals surface area (Å²) in [6.45, 7) is 5.28. The van der Waals surface area contributed by atoms with Gasteiger partial charge in [-0.3, -0.25) is 0 Å². The van der Waals surface area contributed by atoms with Crippen molar-refractivity contribution in [1.82, 2.24) is 4.90 Å². The highest BCUT2D eigenvalue weighted by Crippen LogP contribution is 2.53. The van der Waals surface area contributed by atoms with Crippen molar-refractivity contribution in [2.45, 2.75) is 43.0 Å². The molecule has 1 aliphatic carbocycles. The number of fused-ring (bicyclic) bond motifs is 4. The first-order valence-corrected chi connectivity index (χ1v) is 12.6. The second-order valence-corrected chi connectivity index (χ2v) is 10.8. The normalized spacial score (nSPS) is 24.5. The molecule has 2 aliphatic rings. The molecule has 0 N–H and O–H groups in total. The van der Waals surface area contributed by atoms with Crippen LogP contribution in [0.5, 0.6) is 5.75 Å². The van der Waals surface area contributed by atoms with E-state index in [2.05, 4.69) is 55.3 Å². The molecule has 0 amide bonds. The molecule has 1 heterocycles. The van der Waals surface area contributed by atoms with Crippen molar-refractivity contribution in [1.29, 1.82) is 0 Å². The Morgan fingerprint density at radius 3 is 2.39 bits per heavy atom. The minimum Gasteiger partial charge on any atom is -0.379 e. The van der Waals surface area contributed by atoms with Gasteiger partial charge in [-0.2, -0.15) is 8.42 Å². The summed E-state index contributed by atoms with van der Waals surface area (Å²) in [4.78, 5) is 2.65. The quantitative estimate of drug-likeness (QED) is 0.468. The van der Waals surface area contributed by atoms with Gasteiger partial charge in [-0.1, -0.05) is 61.0 Å². The van der Waals surface area contributed by atoms with Gasteiger partial charge in [0.2, 0.25) is 0 Å². The third-order valence-electron chi connectivity index (χ3n) is 7.57. The number of halogens is 1. The Balaban J connectivity index is 0.00000259. The number of likely N-dealkylation sites (N-methyl/N-ethyl adjacent to an activating group) is 1. The smallest absolute Gasteiger partial charge is 0.339 e. The fourth-order valence-electron chi connectivity index (χ4n) is 5.77. The Kier molecular flexibility index (Phi) is 6.34. The zero-order valence-electron chi connectivity index (χ0n) is 19.2. The standard InChI is InChI=1S/C27H29NO3S.ClH/c1-19-9-13-24(14-10-19)32(29,30)31-23-12-11-21-17-26-20(2)27(25(21)18-23,15-16-28(26)3)22-7-5-4-6-8-22;/h4-14,18,20,26H,15-17H2,1-3H3;1H. The van der Waals surface area contributed by atoms with Gasteiger partial charge in [0, 0.05) is 11.5 Å². The average molecular weight is 484 g/mol. The van der Waals surface area contributed by atoms with Crippen molar-refractivity contribution >= 4 is 22.5 Å². The van der Waals surface area contributed by atoms with Gasteiger partial charge in [0.15, 0.2) is 0 Å². The summed E-state index contributed by atoms with van der Waals surface area (Å²) in [6, 6.07) is 23.7. The summed E-state index contributed by atoms with van der Waals surface area (Å²) in [7, 11) is -1.68. The first-order chi connectivity index (χ1) is 15.3. The first kappa shape index (κ1) is 23.8. The topological polar surface area (TPSA) is 46.6 Å². The van der Waals surface area contributed by atoms with Crippen molar-refractivity contribution in [2.75, 3.05) is 13.6 Å². The van der Waals surface area contributed by atoms with E-state index in [-0.39, 0.29) is 22.7 Å². The molecule has 33 heavy (non-hydrogen) atoms. The van der Waals surface area contributed by atoms with Crippen LogP contribution < -0.4 is 4.18 Å². The van der Waals surface area contributed by atoms with E-state index in [9.17, 15) is 8.42 Å². The molecule has 1 aliphatic heterocycles. The van der Waals surface area contributed by atoms with Crippen LogP contribution >= 0.6 is 12.4 Å². The number of benzene rings is 3. The number of piperidine rings is 1. The van der Waals surface area contributed by atoms with Crippen molar-refractivity contribution in [3.8, 4) is 5.75 Å². The molecule has 1 saturated heterocycles. The lowest BCUT2D eigenvalue weighted by Crippen LogP contribution is -2.58. The van der Waals surface area contributed by atoms with E-state index in [0.717, 1.165) is 24.9 Å². The summed E-state index contributed by atoms with van der Waals surface area (Å²) in [5.41, 5.74) is 4.64. The van der Waals surface area contributed by atoms with Crippen LogP contribution in [-0.4, -0.2) is 33.0 Å². The fraction of sp³-hybridized carbons (Fsp3) is 0.333. The SMILES string of the molecule is Cc1ccc(S(=O)(=O)Oc2ccc3c(c2)C2(c4ccccc4)CCN(C)C(C3)C2C)cc1.Cl. The highest BCUT2D eigenvalue weighted by molar-refractivity contribution is 7.87. The molecule has 4 nitrogen and oxygen atoms in total. The predicted molar refractivity (Wildman–Crippen MR) is 134 cm³/mol. The predicted octanol–water partition coefficient (Wildman–Crippen LogP) is 5.37. The zero-order valence-corrected chi connectivity index (χ0v) is 20.8. The number of hydrogen-bond donors (Lipinski definition) is 0. The van der Waals surface area contributed by atoms with Crippen LogP contribution in [0.4, 0.5) is 0 Å². The molecule has 0 radical (unpaired) electrons. The molecule has 3 aromatic rings. The van der Waals surface area contributed by atoms with E-state index in [4.69, 9.17) is 4.18 Å². The molecule has 5 rings (SSSR count). The summed E-state index contributed by atoms with van der Waals surface area (Å²) in [6.07, 6.45) is 1.96. The number of rotatable bonds is 4. The number of nitrogens with zero attached hydrogens (tertiary/aromatic N) is 1. The molecule has 2 bridgehead atoms. The van der Waals surface area contributed by atoms with Gasteiger partial charge in [-0.05, 0) is 80.2 Å². The number of aryl methyl sites for hydroxylation is 1. The van der Waals surface area contributed by atoms with Gasteiger partial charge in [0.25, 0.3) is 0 Å². The monoisotopic (exact) mass is 483 g/mol. The van der Waals surface area contributed by atoms with Crippen LogP contribution in [0.3, 0.4) is 0 Å². The Morgan fingerprint density at radius 2 is 1.70 bits per heavy atom. The van der Waals surface area contributed by atoms with E-state index >= 15 is 0 Å². The van der Waals surface area contributed by atoms with Gasteiger partial charge in [-0.25, -0.2) is 0 Å². The Morgan fingerprint density at radius 1 is 1.00 bits per heavy atom. The molecule has 174 valence electrons. The van der Waals surface area contributed by atoms with E-state index < -0.39 is 10.1 Å². The summed E-state index contributed by atoms with van der Waals surface area (Å²) < 4.78 is 31.5. The van der Waals surface area contributed by atoms with Crippen LogP contribution in [0.2, 0.25) is 0 Å². The molecular weight excluding hydrogens is 454 g/mol. The van der Waals surface area contributed by atoms with Gasteiger partial charge in [-0.15, -0.1) is 12.4 Å². The van der Waals surface area contributed by atoms with Crippen LogP contribution in [0.1, 0.15) is 35.6 Å². The number of hydrogen-bond acceptors (Lipinski definition) is 4. The van der Waals surface area contributed by atoms with Crippen LogP contribution in [0.15, 0.2) is 77.7 Å². The molecule has 0 saturated carbocycles.